The molecule has 0 saturated carbocycles. The number of anilines is 6. The van der Waals surface area contributed by atoms with Crippen LogP contribution in [0.5, 0.6) is 0 Å². The Balaban J connectivity index is 0.914. The molecule has 10 aromatic carbocycles. The second kappa shape index (κ2) is 19.2. The van der Waals surface area contributed by atoms with Gasteiger partial charge in [-0.2, -0.15) is 0 Å². The summed E-state index contributed by atoms with van der Waals surface area (Å²) in [5, 5.41) is 5.03. The van der Waals surface area contributed by atoms with E-state index in [1.165, 1.54) is 54.9 Å². The molecule has 2 aliphatic rings. The Bertz CT molecular complexity index is 3980. The lowest BCUT2D eigenvalue weighted by Gasteiger charge is -2.41. The zero-order valence-corrected chi connectivity index (χ0v) is 49.6. The van der Waals surface area contributed by atoms with Crippen LogP contribution in [0.15, 0.2) is 200 Å². The van der Waals surface area contributed by atoms with E-state index in [-0.39, 0.29) is 22.8 Å². The van der Waals surface area contributed by atoms with Gasteiger partial charge < -0.3 is 9.80 Å². The molecule has 81 heavy (non-hydrogen) atoms. The van der Waals surface area contributed by atoms with Crippen LogP contribution in [0.2, 0.25) is 0 Å². The molecule has 0 bridgehead atoms. The fraction of sp³-hybridized carbons (Fsp3) is 0.273. The molecule has 10 aromatic rings. The van der Waals surface area contributed by atoms with Crippen molar-refractivity contribution < 1.29 is 8.78 Å². The molecule has 4 heteroatoms. The van der Waals surface area contributed by atoms with Crippen LogP contribution in [0.25, 0.3) is 32.7 Å². The molecule has 0 spiro atoms. The molecule has 2 aliphatic carbocycles. The van der Waals surface area contributed by atoms with Gasteiger partial charge in [-0.05, 0) is 187 Å². The summed E-state index contributed by atoms with van der Waals surface area (Å²) in [6.45, 7) is 29.0. The SMILES string of the molecule is Cc1ccc(N(c2ccc(N(c3ccc(C(C)(C)C)cc3)c3ccc(C(C)(C)c4ccc5c6c4C(F)(F)CCC6(C)c4cc(C(C)(C)c6c7ccccc7c(C)c7ccccc67)ccc4-5)cc3)cc2)c2ccc(C(C)(C)C)cc2)cc1. The molecule has 0 N–H and O–H groups in total. The number of nitrogens with zero attached hydrogens (tertiary/aromatic N) is 2. The van der Waals surface area contributed by atoms with Crippen LogP contribution in [0.4, 0.5) is 42.9 Å². The van der Waals surface area contributed by atoms with Gasteiger partial charge in [0.15, 0.2) is 0 Å². The van der Waals surface area contributed by atoms with Crippen molar-refractivity contribution in [3.05, 3.63) is 261 Å². The Morgan fingerprint density at radius 3 is 1.21 bits per heavy atom. The van der Waals surface area contributed by atoms with E-state index in [2.05, 4.69) is 294 Å². The largest absolute Gasteiger partial charge is 0.311 e. The van der Waals surface area contributed by atoms with Crippen molar-refractivity contribution in [1.29, 1.82) is 0 Å². The number of fused-ring (bicyclic) bond motifs is 5. The molecule has 0 fully saturated rings. The van der Waals surface area contributed by atoms with Crippen molar-refractivity contribution in [3.8, 4) is 11.1 Å². The molecule has 0 amide bonds. The van der Waals surface area contributed by atoms with Gasteiger partial charge in [0.05, 0.1) is 0 Å². The van der Waals surface area contributed by atoms with Crippen LogP contribution in [0.1, 0.15) is 150 Å². The summed E-state index contributed by atoms with van der Waals surface area (Å²) in [5.41, 5.74) is 17.9. The molecule has 0 aromatic heterocycles. The lowest BCUT2D eigenvalue weighted by atomic mass is 9.64. The molecular formula is C77H76F2N2. The summed E-state index contributed by atoms with van der Waals surface area (Å²) in [7, 11) is 0. The van der Waals surface area contributed by atoms with Gasteiger partial charge in [-0.3, -0.25) is 0 Å². The first kappa shape index (κ1) is 53.8. The highest BCUT2D eigenvalue weighted by Crippen LogP contribution is 2.62. The third kappa shape index (κ3) is 8.96. The number of alkyl halides is 2. The standard InChI is InChI=1S/C77H76F2N2/c1-49-22-31-55(32-23-49)80(56-33-24-51(25-34-56)72(3,4)5)59-39-41-60(42-40-59)81(57-35-26-52(27-36-57)73(6,7)8)58-37-28-53(29-38-58)74(9,10)67-45-44-66-63-43-30-54(48-68(63)76(13)46-47-77(78,79)71(67)70(66)76)75(11,12)69-64-20-16-14-18-61(64)50(2)62-19-15-17-21-65(62)69/h14-45,48H,46-47H2,1-13H3. The maximum absolute atomic E-state index is 17.3. The predicted molar refractivity (Wildman–Crippen MR) is 340 cm³/mol. The van der Waals surface area contributed by atoms with Gasteiger partial charge in [0.1, 0.15) is 0 Å². The first-order chi connectivity index (χ1) is 38.4. The molecule has 1 unspecified atom stereocenters. The summed E-state index contributed by atoms with van der Waals surface area (Å²) in [6, 6.07) is 72.6. The minimum absolute atomic E-state index is 0.0102. The summed E-state index contributed by atoms with van der Waals surface area (Å²) in [4.78, 5) is 4.62. The lowest BCUT2D eigenvalue weighted by molar-refractivity contribution is -0.0302. The van der Waals surface area contributed by atoms with Crippen molar-refractivity contribution in [2.24, 2.45) is 0 Å². The highest BCUT2D eigenvalue weighted by atomic mass is 19.3. The maximum Gasteiger partial charge on any atom is 0.273 e. The van der Waals surface area contributed by atoms with Crippen molar-refractivity contribution in [2.75, 3.05) is 9.80 Å². The smallest absolute Gasteiger partial charge is 0.273 e. The van der Waals surface area contributed by atoms with Crippen molar-refractivity contribution in [1.82, 2.24) is 0 Å². The van der Waals surface area contributed by atoms with Gasteiger partial charge in [-0.25, -0.2) is 8.78 Å². The molecule has 0 heterocycles. The number of rotatable bonds is 10. The van der Waals surface area contributed by atoms with Crippen molar-refractivity contribution >= 4 is 55.7 Å². The average Bonchev–Trinajstić information content (AvgIpc) is 2.09. The van der Waals surface area contributed by atoms with E-state index in [9.17, 15) is 0 Å². The second-order valence-electron chi connectivity index (χ2n) is 26.7. The van der Waals surface area contributed by atoms with Gasteiger partial charge in [0.2, 0.25) is 0 Å². The molecule has 1 atom stereocenters. The number of hydrogen-bond acceptors (Lipinski definition) is 2. The highest BCUT2D eigenvalue weighted by Gasteiger charge is 2.54. The van der Waals surface area contributed by atoms with Crippen LogP contribution < -0.4 is 9.80 Å². The van der Waals surface area contributed by atoms with E-state index in [1.807, 2.05) is 6.07 Å². The molecule has 0 saturated heterocycles. The third-order valence-electron chi connectivity index (χ3n) is 18.7. The van der Waals surface area contributed by atoms with E-state index in [0.717, 1.165) is 61.9 Å². The van der Waals surface area contributed by atoms with Gasteiger partial charge in [0, 0.05) is 62.4 Å². The van der Waals surface area contributed by atoms with Crippen LogP contribution in [0.3, 0.4) is 0 Å². The van der Waals surface area contributed by atoms with E-state index in [0.29, 0.717) is 12.0 Å². The zero-order chi connectivity index (χ0) is 57.2. The summed E-state index contributed by atoms with van der Waals surface area (Å²) in [5.74, 6) is -3.01. The number of hydrogen-bond donors (Lipinski definition) is 0. The van der Waals surface area contributed by atoms with E-state index in [1.54, 1.807) is 0 Å². The predicted octanol–water partition coefficient (Wildman–Crippen LogP) is 22.0. The molecule has 0 aliphatic heterocycles. The average molecular weight is 1070 g/mol. The second-order valence-corrected chi connectivity index (χ2v) is 26.7. The molecule has 408 valence electrons. The highest BCUT2D eigenvalue weighted by molar-refractivity contribution is 6.07. The lowest BCUT2D eigenvalue weighted by Crippen LogP contribution is -2.37. The van der Waals surface area contributed by atoms with Crippen molar-refractivity contribution in [2.45, 2.75) is 136 Å². The first-order valence-electron chi connectivity index (χ1n) is 29.1. The Kier molecular flexibility index (Phi) is 12.7. The van der Waals surface area contributed by atoms with E-state index >= 15 is 8.78 Å². The van der Waals surface area contributed by atoms with Gasteiger partial charge in [0.25, 0.3) is 5.92 Å². The third-order valence-corrected chi connectivity index (χ3v) is 18.7. The van der Waals surface area contributed by atoms with E-state index < -0.39 is 22.2 Å². The van der Waals surface area contributed by atoms with Crippen molar-refractivity contribution in [3.63, 3.8) is 0 Å². The van der Waals surface area contributed by atoms with Crippen LogP contribution >= 0.6 is 0 Å². The number of benzene rings is 10. The maximum atomic E-state index is 17.3. The summed E-state index contributed by atoms with van der Waals surface area (Å²) in [6.07, 6.45) is 0.157. The van der Waals surface area contributed by atoms with Crippen LogP contribution in [0, 0.1) is 13.8 Å². The van der Waals surface area contributed by atoms with E-state index in [4.69, 9.17) is 0 Å². The summed E-state index contributed by atoms with van der Waals surface area (Å²) < 4.78 is 34.6. The Hall–Kier alpha value is -7.82. The topological polar surface area (TPSA) is 6.48 Å². The summed E-state index contributed by atoms with van der Waals surface area (Å²) >= 11 is 0. The number of aryl methyl sites for hydroxylation is 2. The quantitative estimate of drug-likeness (QED) is 0.126. The Morgan fingerprint density at radius 1 is 0.383 bits per heavy atom. The zero-order valence-electron chi connectivity index (χ0n) is 49.6. The molecule has 12 rings (SSSR count). The molecule has 0 radical (unpaired) electrons. The fourth-order valence-corrected chi connectivity index (χ4v) is 13.8. The molecule has 2 nitrogen and oxygen atoms in total. The molecular weight excluding hydrogens is 991 g/mol. The fourth-order valence-electron chi connectivity index (χ4n) is 13.8. The minimum atomic E-state index is -3.01. The van der Waals surface area contributed by atoms with Crippen LogP contribution in [-0.2, 0) is 33.0 Å². The van der Waals surface area contributed by atoms with Gasteiger partial charge in [-0.15, -0.1) is 0 Å². The van der Waals surface area contributed by atoms with Crippen LogP contribution in [-0.4, -0.2) is 0 Å². The minimum Gasteiger partial charge on any atom is -0.311 e. The van der Waals surface area contributed by atoms with Gasteiger partial charge in [-0.1, -0.05) is 209 Å². The normalized spacial score (nSPS) is 15.9. The Labute approximate surface area is 480 Å². The monoisotopic (exact) mass is 1070 g/mol. The first-order valence-corrected chi connectivity index (χ1v) is 29.1. The Morgan fingerprint density at radius 2 is 0.765 bits per heavy atom. The van der Waals surface area contributed by atoms with Gasteiger partial charge >= 0.3 is 0 Å². The number of halogens is 2.